The number of sulfonamides is 1. The van der Waals surface area contributed by atoms with Gasteiger partial charge in [-0.25, -0.2) is 13.1 Å². The van der Waals surface area contributed by atoms with Crippen LogP contribution in [0.1, 0.15) is 11.3 Å². The van der Waals surface area contributed by atoms with Gasteiger partial charge in [-0.3, -0.25) is 9.36 Å². The van der Waals surface area contributed by atoms with E-state index in [1.807, 2.05) is 6.92 Å². The summed E-state index contributed by atoms with van der Waals surface area (Å²) < 4.78 is 29.7. The molecule has 8 nitrogen and oxygen atoms in total. The van der Waals surface area contributed by atoms with E-state index in [9.17, 15) is 8.42 Å². The Kier molecular flexibility index (Phi) is 4.21. The Morgan fingerprint density at radius 2 is 2.15 bits per heavy atom. The molecule has 0 radical (unpaired) electrons. The summed E-state index contributed by atoms with van der Waals surface area (Å²) in [4.78, 5) is 0.0764. The largest absolute Gasteiger partial charge is 0.394 e. The van der Waals surface area contributed by atoms with Crippen molar-refractivity contribution in [2.45, 2.75) is 24.9 Å². The molecule has 0 spiro atoms. The molecule has 9 heteroatoms. The van der Waals surface area contributed by atoms with Crippen molar-refractivity contribution in [2.24, 2.45) is 7.05 Å². The maximum Gasteiger partial charge on any atom is 0.243 e. The molecule has 0 aliphatic rings. The Morgan fingerprint density at radius 1 is 1.40 bits per heavy atom. The van der Waals surface area contributed by atoms with E-state index in [0.717, 1.165) is 11.3 Å². The van der Waals surface area contributed by atoms with Gasteiger partial charge in [-0.15, -0.1) is 0 Å². The first-order valence-corrected chi connectivity index (χ1v) is 7.53. The second kappa shape index (κ2) is 5.73. The zero-order valence-corrected chi connectivity index (χ0v) is 12.1. The molecule has 0 unspecified atom stereocenters. The zero-order valence-electron chi connectivity index (χ0n) is 11.3. The molecule has 0 aliphatic carbocycles. The van der Waals surface area contributed by atoms with Crippen LogP contribution in [0.15, 0.2) is 23.5 Å². The molecule has 2 aromatic rings. The topological polar surface area (TPSA) is 102 Å². The predicted molar refractivity (Wildman–Crippen MR) is 71.3 cm³/mol. The van der Waals surface area contributed by atoms with Gasteiger partial charge < -0.3 is 5.11 Å². The van der Waals surface area contributed by atoms with Crippen LogP contribution < -0.4 is 4.72 Å². The summed E-state index contributed by atoms with van der Waals surface area (Å²) in [5.74, 6) is 0. The first-order valence-electron chi connectivity index (χ1n) is 6.04. The number of aliphatic hydroxyl groups is 1. The van der Waals surface area contributed by atoms with E-state index in [1.165, 1.54) is 17.1 Å². The molecule has 110 valence electrons. The van der Waals surface area contributed by atoms with Crippen LogP contribution in [0.5, 0.6) is 0 Å². The lowest BCUT2D eigenvalue weighted by atomic mass is 10.3. The molecule has 0 atom stereocenters. The summed E-state index contributed by atoms with van der Waals surface area (Å²) in [5, 5.41) is 16.8. The van der Waals surface area contributed by atoms with Crippen molar-refractivity contribution in [3.8, 4) is 0 Å². The Bertz CT molecular complexity index is 689. The van der Waals surface area contributed by atoms with E-state index in [0.29, 0.717) is 0 Å². The quantitative estimate of drug-likeness (QED) is 0.741. The SMILES string of the molecule is Cc1nn(C)cc1CNS(=O)(=O)c1cnn(CCO)c1. The third-order valence-electron chi connectivity index (χ3n) is 2.82. The van der Waals surface area contributed by atoms with Gasteiger partial charge in [0.05, 0.1) is 25.0 Å². The highest BCUT2D eigenvalue weighted by Crippen LogP contribution is 2.10. The number of aromatic nitrogens is 4. The number of hydrogen-bond acceptors (Lipinski definition) is 5. The van der Waals surface area contributed by atoms with Crippen molar-refractivity contribution >= 4 is 10.0 Å². The van der Waals surface area contributed by atoms with Gasteiger partial charge in [-0.05, 0) is 6.92 Å². The second-order valence-electron chi connectivity index (χ2n) is 4.40. The van der Waals surface area contributed by atoms with Crippen molar-refractivity contribution in [1.82, 2.24) is 24.3 Å². The summed E-state index contributed by atoms with van der Waals surface area (Å²) in [6.45, 7) is 2.16. The van der Waals surface area contributed by atoms with E-state index >= 15 is 0 Å². The molecule has 20 heavy (non-hydrogen) atoms. The monoisotopic (exact) mass is 299 g/mol. The number of hydrogen-bond donors (Lipinski definition) is 2. The second-order valence-corrected chi connectivity index (χ2v) is 6.17. The lowest BCUT2D eigenvalue weighted by Crippen LogP contribution is -2.23. The number of nitrogens with zero attached hydrogens (tertiary/aromatic N) is 4. The maximum absolute atomic E-state index is 12.1. The average molecular weight is 299 g/mol. The summed E-state index contributed by atoms with van der Waals surface area (Å²) in [6.07, 6.45) is 4.41. The van der Waals surface area contributed by atoms with Gasteiger partial charge in [0.2, 0.25) is 10.0 Å². The summed E-state index contributed by atoms with van der Waals surface area (Å²) >= 11 is 0. The molecule has 0 amide bonds. The molecule has 0 saturated carbocycles. The van der Waals surface area contributed by atoms with Gasteiger partial charge in [0.1, 0.15) is 4.90 Å². The minimum atomic E-state index is -3.62. The minimum absolute atomic E-state index is 0.0764. The summed E-state index contributed by atoms with van der Waals surface area (Å²) in [5.41, 5.74) is 1.60. The molecule has 2 N–H and O–H groups in total. The normalized spacial score (nSPS) is 11.9. The van der Waals surface area contributed by atoms with Gasteiger partial charge in [0, 0.05) is 31.5 Å². The number of nitrogens with one attached hydrogen (secondary N) is 1. The number of aliphatic hydroxyl groups excluding tert-OH is 1. The number of aryl methyl sites for hydroxylation is 2. The first-order chi connectivity index (χ1) is 9.42. The van der Waals surface area contributed by atoms with Gasteiger partial charge in [0.25, 0.3) is 0 Å². The minimum Gasteiger partial charge on any atom is -0.394 e. The Labute approximate surface area is 117 Å². The van der Waals surface area contributed by atoms with E-state index in [2.05, 4.69) is 14.9 Å². The Morgan fingerprint density at radius 3 is 2.75 bits per heavy atom. The highest BCUT2D eigenvalue weighted by atomic mass is 32.2. The Hall–Kier alpha value is -1.71. The molecule has 0 bridgehead atoms. The van der Waals surface area contributed by atoms with Gasteiger partial charge in [-0.1, -0.05) is 0 Å². The standard InChI is InChI=1S/C11H17N5O3S/c1-9-10(7-15(2)14-9)5-13-20(18,19)11-6-12-16(8-11)3-4-17/h6-8,13,17H,3-5H2,1-2H3. The zero-order chi connectivity index (χ0) is 14.8. The van der Waals surface area contributed by atoms with Crippen molar-refractivity contribution in [1.29, 1.82) is 0 Å². The summed E-state index contributed by atoms with van der Waals surface area (Å²) in [7, 11) is -1.83. The van der Waals surface area contributed by atoms with Crippen molar-refractivity contribution in [3.05, 3.63) is 29.8 Å². The fourth-order valence-corrected chi connectivity index (χ4v) is 2.74. The average Bonchev–Trinajstić information content (AvgIpc) is 2.95. The van der Waals surface area contributed by atoms with Crippen molar-refractivity contribution < 1.29 is 13.5 Å². The third-order valence-corrected chi connectivity index (χ3v) is 4.17. The van der Waals surface area contributed by atoms with Crippen LogP contribution in [0, 0.1) is 6.92 Å². The smallest absolute Gasteiger partial charge is 0.243 e. The molecule has 0 saturated heterocycles. The molecule has 0 aliphatic heterocycles. The third kappa shape index (κ3) is 3.24. The highest BCUT2D eigenvalue weighted by molar-refractivity contribution is 7.89. The fourth-order valence-electron chi connectivity index (χ4n) is 1.79. The summed E-state index contributed by atoms with van der Waals surface area (Å²) in [6, 6.07) is 0. The molecule has 2 aromatic heterocycles. The van der Waals surface area contributed by atoms with Crippen LogP contribution in [-0.4, -0.2) is 39.7 Å². The van der Waals surface area contributed by atoms with Crippen LogP contribution in [0.25, 0.3) is 0 Å². The number of rotatable bonds is 6. The van der Waals surface area contributed by atoms with Gasteiger partial charge >= 0.3 is 0 Å². The van der Waals surface area contributed by atoms with Crippen LogP contribution in [-0.2, 0) is 30.2 Å². The molecule has 2 rings (SSSR count). The van der Waals surface area contributed by atoms with Gasteiger partial charge in [0.15, 0.2) is 0 Å². The molecule has 0 fully saturated rings. The van der Waals surface area contributed by atoms with Crippen molar-refractivity contribution in [2.75, 3.05) is 6.61 Å². The molecular weight excluding hydrogens is 282 g/mol. The fraction of sp³-hybridized carbons (Fsp3) is 0.455. The van der Waals surface area contributed by atoms with Crippen LogP contribution in [0.4, 0.5) is 0 Å². The maximum atomic E-state index is 12.1. The molecular formula is C11H17N5O3S. The van der Waals surface area contributed by atoms with Gasteiger partial charge in [-0.2, -0.15) is 10.2 Å². The first kappa shape index (κ1) is 14.7. The molecule has 0 aromatic carbocycles. The predicted octanol–water partition coefficient (Wildman–Crippen LogP) is -0.604. The molecule has 2 heterocycles. The Balaban J connectivity index is 2.08. The van der Waals surface area contributed by atoms with E-state index < -0.39 is 10.0 Å². The van der Waals surface area contributed by atoms with Crippen LogP contribution >= 0.6 is 0 Å². The van der Waals surface area contributed by atoms with Crippen LogP contribution in [0.2, 0.25) is 0 Å². The highest BCUT2D eigenvalue weighted by Gasteiger charge is 2.17. The lowest BCUT2D eigenvalue weighted by Gasteiger charge is -2.03. The van der Waals surface area contributed by atoms with E-state index in [4.69, 9.17) is 5.11 Å². The van der Waals surface area contributed by atoms with E-state index in [1.54, 1.807) is 17.9 Å². The van der Waals surface area contributed by atoms with E-state index in [-0.39, 0.29) is 24.6 Å². The van der Waals surface area contributed by atoms with Crippen LogP contribution in [0.3, 0.4) is 0 Å². The van der Waals surface area contributed by atoms with Crippen molar-refractivity contribution in [3.63, 3.8) is 0 Å². The lowest BCUT2D eigenvalue weighted by molar-refractivity contribution is 0.269.